The van der Waals surface area contributed by atoms with Crippen LogP contribution >= 0.6 is 0 Å². The van der Waals surface area contributed by atoms with Crippen molar-refractivity contribution in [2.45, 2.75) is 19.4 Å². The minimum atomic E-state index is 0.156. The number of anilines is 2. The quantitative estimate of drug-likeness (QED) is 0.905. The maximum atomic E-state index is 5.99. The molecule has 0 spiro atoms. The lowest BCUT2D eigenvalue weighted by Crippen LogP contribution is -2.20. The molecule has 2 aromatic carbocycles. The van der Waals surface area contributed by atoms with Crippen molar-refractivity contribution in [1.82, 2.24) is 0 Å². The standard InChI is InChI=1S/C18H23N3/c1-13-4-3-5-16(10-13)20-17(12-19)14-6-7-18-15(11-14)8-9-21(18)2/h3-7,10-11,17,20H,8-9,12,19H2,1-2H3. The van der Waals surface area contributed by atoms with Gasteiger partial charge in [-0.2, -0.15) is 0 Å². The summed E-state index contributed by atoms with van der Waals surface area (Å²) in [5.41, 5.74) is 12.4. The third-order valence-electron chi connectivity index (χ3n) is 4.23. The van der Waals surface area contributed by atoms with Crippen LogP contribution in [-0.2, 0) is 6.42 Å². The summed E-state index contributed by atoms with van der Waals surface area (Å²) in [6.07, 6.45) is 1.13. The van der Waals surface area contributed by atoms with Gasteiger partial charge in [-0.1, -0.05) is 24.3 Å². The Hall–Kier alpha value is -2.00. The van der Waals surface area contributed by atoms with Crippen LogP contribution in [0.5, 0.6) is 0 Å². The van der Waals surface area contributed by atoms with E-state index in [0.717, 1.165) is 18.7 Å². The first-order valence-corrected chi connectivity index (χ1v) is 7.54. The fourth-order valence-corrected chi connectivity index (χ4v) is 3.02. The molecule has 3 heteroatoms. The molecule has 1 heterocycles. The van der Waals surface area contributed by atoms with E-state index in [2.05, 4.69) is 66.7 Å². The second-order valence-corrected chi connectivity index (χ2v) is 5.86. The molecular weight excluding hydrogens is 258 g/mol. The van der Waals surface area contributed by atoms with Crippen LogP contribution in [0.3, 0.4) is 0 Å². The van der Waals surface area contributed by atoms with Crippen LogP contribution < -0.4 is 16.0 Å². The van der Waals surface area contributed by atoms with E-state index in [1.165, 1.54) is 22.4 Å². The molecule has 0 saturated carbocycles. The number of likely N-dealkylation sites (N-methyl/N-ethyl adjacent to an activating group) is 1. The molecule has 1 atom stereocenters. The van der Waals surface area contributed by atoms with Crippen molar-refractivity contribution in [3.05, 3.63) is 59.2 Å². The average Bonchev–Trinajstić information content (AvgIpc) is 2.86. The van der Waals surface area contributed by atoms with E-state index in [1.807, 2.05) is 0 Å². The number of fused-ring (bicyclic) bond motifs is 1. The lowest BCUT2D eigenvalue weighted by molar-refractivity contribution is 0.788. The first-order chi connectivity index (χ1) is 10.2. The van der Waals surface area contributed by atoms with E-state index in [4.69, 9.17) is 5.73 Å². The molecule has 0 bridgehead atoms. The third-order valence-corrected chi connectivity index (χ3v) is 4.23. The van der Waals surface area contributed by atoms with Crippen molar-refractivity contribution in [2.24, 2.45) is 5.73 Å². The molecule has 0 radical (unpaired) electrons. The zero-order valence-corrected chi connectivity index (χ0v) is 12.8. The number of aryl methyl sites for hydroxylation is 1. The lowest BCUT2D eigenvalue weighted by atomic mass is 10.0. The molecule has 0 fully saturated rings. The van der Waals surface area contributed by atoms with Gasteiger partial charge in [0.15, 0.2) is 0 Å². The number of nitrogens with two attached hydrogens (primary N) is 1. The van der Waals surface area contributed by atoms with Crippen LogP contribution in [0.15, 0.2) is 42.5 Å². The highest BCUT2D eigenvalue weighted by Crippen LogP contribution is 2.30. The number of benzene rings is 2. The first kappa shape index (κ1) is 14.0. The van der Waals surface area contributed by atoms with Crippen LogP contribution in [0.25, 0.3) is 0 Å². The van der Waals surface area contributed by atoms with Crippen molar-refractivity contribution < 1.29 is 0 Å². The number of nitrogens with one attached hydrogen (secondary N) is 1. The highest BCUT2D eigenvalue weighted by molar-refractivity contribution is 5.59. The second kappa shape index (κ2) is 5.78. The maximum absolute atomic E-state index is 5.99. The van der Waals surface area contributed by atoms with Gasteiger partial charge in [0.25, 0.3) is 0 Å². The average molecular weight is 281 g/mol. The van der Waals surface area contributed by atoms with Gasteiger partial charge >= 0.3 is 0 Å². The summed E-state index contributed by atoms with van der Waals surface area (Å²) in [7, 11) is 2.15. The van der Waals surface area contributed by atoms with E-state index in [0.29, 0.717) is 6.54 Å². The molecule has 21 heavy (non-hydrogen) atoms. The molecule has 110 valence electrons. The molecule has 1 aliphatic heterocycles. The molecule has 0 saturated heterocycles. The highest BCUT2D eigenvalue weighted by Gasteiger charge is 2.18. The predicted molar refractivity (Wildman–Crippen MR) is 90.0 cm³/mol. The molecule has 0 aliphatic carbocycles. The topological polar surface area (TPSA) is 41.3 Å². The molecule has 0 amide bonds. The maximum Gasteiger partial charge on any atom is 0.0636 e. The van der Waals surface area contributed by atoms with Gasteiger partial charge < -0.3 is 16.0 Å². The molecule has 3 nitrogen and oxygen atoms in total. The van der Waals surface area contributed by atoms with Gasteiger partial charge in [0.1, 0.15) is 0 Å². The predicted octanol–water partition coefficient (Wildman–Crippen LogP) is 3.10. The van der Waals surface area contributed by atoms with E-state index in [-0.39, 0.29) is 6.04 Å². The van der Waals surface area contributed by atoms with E-state index < -0.39 is 0 Å². The van der Waals surface area contributed by atoms with Crippen LogP contribution in [0.4, 0.5) is 11.4 Å². The van der Waals surface area contributed by atoms with E-state index in [9.17, 15) is 0 Å². The van der Waals surface area contributed by atoms with Crippen LogP contribution in [0.2, 0.25) is 0 Å². The van der Waals surface area contributed by atoms with Crippen LogP contribution in [0.1, 0.15) is 22.7 Å². The molecule has 1 aliphatic rings. The van der Waals surface area contributed by atoms with Gasteiger partial charge in [0.2, 0.25) is 0 Å². The molecule has 2 aromatic rings. The summed E-state index contributed by atoms with van der Waals surface area (Å²) in [6, 6.07) is 15.3. The summed E-state index contributed by atoms with van der Waals surface area (Å²) in [5.74, 6) is 0. The largest absolute Gasteiger partial charge is 0.377 e. The molecule has 3 N–H and O–H groups in total. The van der Waals surface area contributed by atoms with Gasteiger partial charge in [-0.25, -0.2) is 0 Å². The Labute approximate surface area is 126 Å². The molecular formula is C18H23N3. The summed E-state index contributed by atoms with van der Waals surface area (Å²) in [6.45, 7) is 3.80. The van der Waals surface area contributed by atoms with Crippen molar-refractivity contribution in [3.8, 4) is 0 Å². The number of nitrogens with zero attached hydrogens (tertiary/aromatic N) is 1. The minimum Gasteiger partial charge on any atom is -0.377 e. The number of rotatable bonds is 4. The van der Waals surface area contributed by atoms with Crippen LogP contribution in [-0.4, -0.2) is 20.1 Å². The molecule has 3 rings (SSSR count). The SMILES string of the molecule is Cc1cccc(NC(CN)c2ccc3c(c2)CCN3C)c1. The first-order valence-electron chi connectivity index (χ1n) is 7.54. The van der Waals surface area contributed by atoms with Crippen molar-refractivity contribution in [3.63, 3.8) is 0 Å². The van der Waals surface area contributed by atoms with Crippen molar-refractivity contribution >= 4 is 11.4 Å². The second-order valence-electron chi connectivity index (χ2n) is 5.86. The summed E-state index contributed by atoms with van der Waals surface area (Å²) < 4.78 is 0. The lowest BCUT2D eigenvalue weighted by Gasteiger charge is -2.20. The normalized spacial score (nSPS) is 14.9. The van der Waals surface area contributed by atoms with E-state index in [1.54, 1.807) is 0 Å². The van der Waals surface area contributed by atoms with Gasteiger partial charge in [-0.05, 0) is 48.2 Å². The summed E-state index contributed by atoms with van der Waals surface area (Å²) in [5, 5.41) is 3.55. The Morgan fingerprint density at radius 1 is 1.24 bits per heavy atom. The van der Waals surface area contributed by atoms with Gasteiger partial charge in [-0.3, -0.25) is 0 Å². The zero-order chi connectivity index (χ0) is 14.8. The summed E-state index contributed by atoms with van der Waals surface area (Å²) >= 11 is 0. The molecule has 1 unspecified atom stereocenters. The molecule has 0 aromatic heterocycles. The van der Waals surface area contributed by atoms with Gasteiger partial charge in [0, 0.05) is 31.5 Å². The Balaban J connectivity index is 1.83. The minimum absolute atomic E-state index is 0.156. The van der Waals surface area contributed by atoms with Gasteiger partial charge in [-0.15, -0.1) is 0 Å². The Morgan fingerprint density at radius 3 is 2.86 bits per heavy atom. The monoisotopic (exact) mass is 281 g/mol. The smallest absolute Gasteiger partial charge is 0.0636 e. The van der Waals surface area contributed by atoms with Crippen LogP contribution in [0, 0.1) is 6.92 Å². The zero-order valence-electron chi connectivity index (χ0n) is 12.8. The Morgan fingerprint density at radius 2 is 2.10 bits per heavy atom. The third kappa shape index (κ3) is 2.88. The van der Waals surface area contributed by atoms with Crippen molar-refractivity contribution in [2.75, 3.05) is 30.4 Å². The van der Waals surface area contributed by atoms with E-state index >= 15 is 0 Å². The Bertz CT molecular complexity index is 636. The van der Waals surface area contributed by atoms with Crippen molar-refractivity contribution in [1.29, 1.82) is 0 Å². The highest BCUT2D eigenvalue weighted by atomic mass is 15.1. The fourth-order valence-electron chi connectivity index (χ4n) is 3.02. The Kier molecular flexibility index (Phi) is 3.84. The number of hydrogen-bond donors (Lipinski definition) is 2. The fraction of sp³-hybridized carbons (Fsp3) is 0.333. The summed E-state index contributed by atoms with van der Waals surface area (Å²) in [4.78, 5) is 2.31. The number of hydrogen-bond acceptors (Lipinski definition) is 3. The van der Waals surface area contributed by atoms with Gasteiger partial charge in [0.05, 0.1) is 6.04 Å².